The number of hydrogen-bond acceptors (Lipinski definition) is 4. The lowest BCUT2D eigenvalue weighted by atomic mass is 10.00. The van der Waals surface area contributed by atoms with Crippen molar-refractivity contribution in [2.45, 2.75) is 70.2 Å². The number of nitrogen functional groups attached to an aromatic ring is 1. The molecule has 1 aromatic carbocycles. The van der Waals surface area contributed by atoms with Crippen molar-refractivity contribution in [3.8, 4) is 5.75 Å². The van der Waals surface area contributed by atoms with Gasteiger partial charge in [-0.05, 0) is 45.7 Å². The van der Waals surface area contributed by atoms with Gasteiger partial charge in [0, 0.05) is 36.7 Å². The zero-order chi connectivity index (χ0) is 17.5. The summed E-state index contributed by atoms with van der Waals surface area (Å²) in [6.07, 6.45) is 2.91. The number of nitrogens with zero attached hydrogens (tertiary/aromatic N) is 1. The molecule has 3 rings (SSSR count). The Labute approximate surface area is 141 Å². The van der Waals surface area contributed by atoms with Crippen LogP contribution >= 0.6 is 0 Å². The minimum atomic E-state index is -0.503. The number of amides is 1. The maximum Gasteiger partial charge on any atom is 0.410 e. The first-order valence-corrected chi connectivity index (χ1v) is 8.46. The predicted molar refractivity (Wildman–Crippen MR) is 89.3 cm³/mol. The molecule has 132 valence electrons. The van der Waals surface area contributed by atoms with Gasteiger partial charge in [0.05, 0.1) is 0 Å². The maximum absolute atomic E-state index is 13.9. The first-order valence-electron chi connectivity index (χ1n) is 8.46. The van der Waals surface area contributed by atoms with Crippen molar-refractivity contribution >= 4 is 11.8 Å². The highest BCUT2D eigenvalue weighted by Gasteiger charge is 2.45. The third kappa shape index (κ3) is 3.57. The molecule has 2 saturated heterocycles. The molecule has 2 aliphatic rings. The van der Waals surface area contributed by atoms with E-state index in [9.17, 15) is 9.18 Å². The molecule has 2 bridgehead atoms. The number of rotatable bonds is 2. The topological polar surface area (TPSA) is 64.8 Å². The standard InChI is InChI=1S/C18H25FN2O3/c1-18(2,3)24-17(22)21-12-5-6-13(21)10-14(9-12)23-16-7-4-11(20)8-15(16)19/h4,7-8,12-14H,5-6,9-10,20H2,1-3H3/t12-,13+,14-. The van der Waals surface area contributed by atoms with Crippen molar-refractivity contribution in [2.75, 3.05) is 5.73 Å². The zero-order valence-electron chi connectivity index (χ0n) is 14.4. The first-order chi connectivity index (χ1) is 11.2. The highest BCUT2D eigenvalue weighted by Crippen LogP contribution is 2.38. The molecule has 0 radical (unpaired) electrons. The number of ether oxygens (including phenoxy) is 2. The first kappa shape index (κ1) is 16.9. The Kier molecular flexibility index (Phi) is 4.32. The van der Waals surface area contributed by atoms with E-state index in [1.807, 2.05) is 25.7 Å². The van der Waals surface area contributed by atoms with E-state index < -0.39 is 11.4 Å². The number of fused-ring (bicyclic) bond motifs is 2. The van der Waals surface area contributed by atoms with Crippen LogP contribution in [-0.2, 0) is 4.74 Å². The molecule has 0 saturated carbocycles. The van der Waals surface area contributed by atoms with Crippen LogP contribution in [0.5, 0.6) is 5.75 Å². The molecular formula is C18H25FN2O3. The van der Waals surface area contributed by atoms with Crippen LogP contribution in [0.25, 0.3) is 0 Å². The van der Waals surface area contributed by atoms with Gasteiger partial charge in [0.1, 0.15) is 11.7 Å². The Balaban J connectivity index is 1.66. The van der Waals surface area contributed by atoms with Crippen LogP contribution in [0.15, 0.2) is 18.2 Å². The highest BCUT2D eigenvalue weighted by molar-refractivity contribution is 5.69. The molecule has 2 heterocycles. The number of anilines is 1. The molecule has 2 N–H and O–H groups in total. The Morgan fingerprint density at radius 2 is 1.88 bits per heavy atom. The molecule has 1 aromatic rings. The van der Waals surface area contributed by atoms with Gasteiger partial charge in [0.25, 0.3) is 0 Å². The molecule has 24 heavy (non-hydrogen) atoms. The number of carbonyl (C=O) groups is 1. The van der Waals surface area contributed by atoms with E-state index in [0.717, 1.165) is 12.8 Å². The maximum atomic E-state index is 13.9. The summed E-state index contributed by atoms with van der Waals surface area (Å²) in [5.41, 5.74) is 5.43. The number of halogens is 1. The number of benzene rings is 1. The van der Waals surface area contributed by atoms with E-state index in [1.165, 1.54) is 6.07 Å². The second-order valence-electron chi connectivity index (χ2n) is 7.67. The Morgan fingerprint density at radius 1 is 1.25 bits per heavy atom. The normalized spacial score (nSPS) is 26.3. The third-order valence-electron chi connectivity index (χ3n) is 4.54. The fraction of sp³-hybridized carbons (Fsp3) is 0.611. The monoisotopic (exact) mass is 336 g/mol. The second kappa shape index (κ2) is 6.15. The molecule has 0 aliphatic carbocycles. The van der Waals surface area contributed by atoms with E-state index in [1.54, 1.807) is 12.1 Å². The molecule has 3 atom stereocenters. The van der Waals surface area contributed by atoms with Gasteiger partial charge in [-0.2, -0.15) is 0 Å². The summed E-state index contributed by atoms with van der Waals surface area (Å²) >= 11 is 0. The van der Waals surface area contributed by atoms with Gasteiger partial charge in [-0.1, -0.05) is 0 Å². The lowest BCUT2D eigenvalue weighted by molar-refractivity contribution is -0.00753. The molecule has 2 aliphatic heterocycles. The van der Waals surface area contributed by atoms with Crippen molar-refractivity contribution in [1.82, 2.24) is 4.90 Å². The summed E-state index contributed by atoms with van der Waals surface area (Å²) in [5.74, 6) is -0.226. The number of carbonyl (C=O) groups excluding carboxylic acids is 1. The van der Waals surface area contributed by atoms with Gasteiger partial charge in [-0.3, -0.25) is 0 Å². The van der Waals surface area contributed by atoms with Crippen molar-refractivity contribution < 1.29 is 18.7 Å². The average Bonchev–Trinajstić information content (AvgIpc) is 2.72. The molecule has 0 unspecified atom stereocenters. The largest absolute Gasteiger partial charge is 0.487 e. The summed E-state index contributed by atoms with van der Waals surface area (Å²) in [4.78, 5) is 14.3. The zero-order valence-corrected chi connectivity index (χ0v) is 14.4. The molecular weight excluding hydrogens is 311 g/mol. The Morgan fingerprint density at radius 3 is 2.42 bits per heavy atom. The summed E-state index contributed by atoms with van der Waals surface area (Å²) in [7, 11) is 0. The van der Waals surface area contributed by atoms with Gasteiger partial charge >= 0.3 is 6.09 Å². The fourth-order valence-corrected chi connectivity index (χ4v) is 3.63. The summed E-state index contributed by atoms with van der Waals surface area (Å²) < 4.78 is 25.3. The smallest absolute Gasteiger partial charge is 0.410 e. The average molecular weight is 336 g/mol. The van der Waals surface area contributed by atoms with Crippen molar-refractivity contribution in [3.05, 3.63) is 24.0 Å². The van der Waals surface area contributed by atoms with Gasteiger partial charge in [-0.15, -0.1) is 0 Å². The fourth-order valence-electron chi connectivity index (χ4n) is 3.63. The molecule has 6 heteroatoms. The molecule has 1 amide bonds. The lowest BCUT2D eigenvalue weighted by Crippen LogP contribution is -2.50. The summed E-state index contributed by atoms with van der Waals surface area (Å²) in [5, 5.41) is 0. The minimum Gasteiger partial charge on any atom is -0.487 e. The van der Waals surface area contributed by atoms with Crippen molar-refractivity contribution in [2.24, 2.45) is 0 Å². The third-order valence-corrected chi connectivity index (χ3v) is 4.54. The SMILES string of the molecule is CC(C)(C)OC(=O)N1[C@@H]2CC[C@H]1C[C@H](Oc1ccc(N)cc1F)C2. The van der Waals surface area contributed by atoms with E-state index in [-0.39, 0.29) is 30.0 Å². The van der Waals surface area contributed by atoms with Crippen LogP contribution in [0.3, 0.4) is 0 Å². The quantitative estimate of drug-likeness (QED) is 0.836. The van der Waals surface area contributed by atoms with E-state index in [2.05, 4.69) is 0 Å². The van der Waals surface area contributed by atoms with Gasteiger partial charge in [-0.25, -0.2) is 9.18 Å². The van der Waals surface area contributed by atoms with Gasteiger partial charge in [0.2, 0.25) is 0 Å². The molecule has 0 aromatic heterocycles. The van der Waals surface area contributed by atoms with Crippen LogP contribution in [0.2, 0.25) is 0 Å². The van der Waals surface area contributed by atoms with Crippen molar-refractivity contribution in [1.29, 1.82) is 0 Å². The Hall–Kier alpha value is -1.98. The molecule has 0 spiro atoms. The summed E-state index contributed by atoms with van der Waals surface area (Å²) in [6, 6.07) is 4.65. The Bertz CT molecular complexity index is 615. The van der Waals surface area contributed by atoms with Gasteiger partial charge < -0.3 is 20.1 Å². The van der Waals surface area contributed by atoms with Crippen LogP contribution in [0, 0.1) is 5.82 Å². The molecule has 5 nitrogen and oxygen atoms in total. The summed E-state index contributed by atoms with van der Waals surface area (Å²) in [6.45, 7) is 5.60. The lowest BCUT2D eigenvalue weighted by Gasteiger charge is -2.39. The number of piperidine rings is 1. The van der Waals surface area contributed by atoms with Crippen molar-refractivity contribution in [3.63, 3.8) is 0 Å². The van der Waals surface area contributed by atoms with Crippen LogP contribution in [0.1, 0.15) is 46.5 Å². The van der Waals surface area contributed by atoms with Crippen LogP contribution in [-0.4, -0.2) is 34.8 Å². The number of nitrogens with two attached hydrogens (primary N) is 1. The van der Waals surface area contributed by atoms with Crippen LogP contribution < -0.4 is 10.5 Å². The minimum absolute atomic E-state index is 0.0976. The van der Waals surface area contributed by atoms with E-state index in [4.69, 9.17) is 15.2 Å². The van der Waals surface area contributed by atoms with Crippen LogP contribution in [0.4, 0.5) is 14.9 Å². The highest BCUT2D eigenvalue weighted by atomic mass is 19.1. The van der Waals surface area contributed by atoms with Gasteiger partial charge in [0.15, 0.2) is 11.6 Å². The molecule has 2 fully saturated rings. The van der Waals surface area contributed by atoms with E-state index >= 15 is 0 Å². The second-order valence-corrected chi connectivity index (χ2v) is 7.67. The number of hydrogen-bond donors (Lipinski definition) is 1. The van der Waals surface area contributed by atoms with E-state index in [0.29, 0.717) is 18.5 Å². The predicted octanol–water partition coefficient (Wildman–Crippen LogP) is 3.72.